The van der Waals surface area contributed by atoms with Crippen LogP contribution in [0.3, 0.4) is 0 Å². The second-order valence-corrected chi connectivity index (χ2v) is 8.68. The predicted molar refractivity (Wildman–Crippen MR) is 116 cm³/mol. The molecule has 154 valence electrons. The number of carbonyl (C=O) groups excluding carboxylic acids is 1. The first-order valence-corrected chi connectivity index (χ1v) is 10.9. The Morgan fingerprint density at radius 1 is 1.20 bits per heavy atom. The second kappa shape index (κ2) is 7.77. The molecule has 0 radical (unpaired) electrons. The summed E-state index contributed by atoms with van der Waals surface area (Å²) in [5, 5.41) is 10.1. The van der Waals surface area contributed by atoms with Crippen molar-refractivity contribution in [1.29, 1.82) is 0 Å². The third-order valence-corrected chi connectivity index (χ3v) is 7.10. The minimum absolute atomic E-state index is 0.0293. The molecule has 2 aliphatic heterocycles. The van der Waals surface area contributed by atoms with Crippen molar-refractivity contribution in [3.8, 4) is 11.8 Å². The third-order valence-electron chi connectivity index (χ3n) is 7.10. The molecule has 1 saturated carbocycles. The molecule has 2 aromatic rings. The number of hydrogen-bond donors (Lipinski definition) is 1. The molecule has 2 fully saturated rings. The first kappa shape index (κ1) is 19.1. The quantitative estimate of drug-likeness (QED) is 0.786. The van der Waals surface area contributed by atoms with Gasteiger partial charge in [0.2, 0.25) is 5.91 Å². The van der Waals surface area contributed by atoms with Gasteiger partial charge < -0.3 is 14.9 Å². The Morgan fingerprint density at radius 3 is 2.73 bits per heavy atom. The van der Waals surface area contributed by atoms with E-state index in [4.69, 9.17) is 0 Å². The molecule has 30 heavy (non-hydrogen) atoms. The van der Waals surface area contributed by atoms with Gasteiger partial charge >= 0.3 is 0 Å². The lowest BCUT2D eigenvalue weighted by molar-refractivity contribution is -0.139. The standard InChI is InChI=1S/C25H27N3O2/c1-27-22-10-9-17(7-8-18-4-3-12-26-15-18)14-21(22)24-20(23(27)16-29)11-13-28(24)25(30)19-5-2-6-19/h3-4,9-10,12,14-15,19-20,23-24,29H,2,5-6,11,13,16H2,1H3/t20-,23+,24-/m1/s1. The van der Waals surface area contributed by atoms with Gasteiger partial charge in [0.25, 0.3) is 0 Å². The maximum atomic E-state index is 13.2. The van der Waals surface area contributed by atoms with Crippen LogP contribution in [0.2, 0.25) is 0 Å². The molecule has 0 unspecified atom stereocenters. The summed E-state index contributed by atoms with van der Waals surface area (Å²) in [6.45, 7) is 0.880. The molecule has 3 heterocycles. The number of aliphatic hydroxyl groups is 1. The molecule has 5 nitrogen and oxygen atoms in total. The van der Waals surface area contributed by atoms with Crippen LogP contribution in [0.25, 0.3) is 0 Å². The highest BCUT2D eigenvalue weighted by atomic mass is 16.3. The Kier molecular flexibility index (Phi) is 4.96. The summed E-state index contributed by atoms with van der Waals surface area (Å²) in [7, 11) is 2.05. The summed E-state index contributed by atoms with van der Waals surface area (Å²) in [6, 6.07) is 10.2. The third kappa shape index (κ3) is 3.16. The van der Waals surface area contributed by atoms with E-state index in [0.717, 1.165) is 54.6 Å². The van der Waals surface area contributed by atoms with E-state index < -0.39 is 0 Å². The second-order valence-electron chi connectivity index (χ2n) is 8.68. The number of carbonyl (C=O) groups is 1. The highest BCUT2D eigenvalue weighted by molar-refractivity contribution is 5.81. The van der Waals surface area contributed by atoms with Gasteiger partial charge in [0.05, 0.1) is 18.7 Å². The number of pyridine rings is 1. The predicted octanol–water partition coefficient (Wildman–Crippen LogP) is 2.98. The summed E-state index contributed by atoms with van der Waals surface area (Å²) in [4.78, 5) is 21.6. The van der Waals surface area contributed by atoms with Crippen molar-refractivity contribution in [2.24, 2.45) is 11.8 Å². The maximum absolute atomic E-state index is 13.2. The number of rotatable bonds is 2. The summed E-state index contributed by atoms with van der Waals surface area (Å²) >= 11 is 0. The number of aromatic nitrogens is 1. The number of amides is 1. The van der Waals surface area contributed by atoms with Gasteiger partial charge in [-0.2, -0.15) is 0 Å². The number of nitrogens with zero attached hydrogens (tertiary/aromatic N) is 3. The number of fused-ring (bicyclic) bond motifs is 3. The molecule has 1 aromatic heterocycles. The lowest BCUT2D eigenvalue weighted by atomic mass is 9.80. The zero-order valence-corrected chi connectivity index (χ0v) is 17.3. The smallest absolute Gasteiger partial charge is 0.226 e. The number of anilines is 1. The van der Waals surface area contributed by atoms with Crippen molar-refractivity contribution in [3.05, 3.63) is 59.4 Å². The first-order chi connectivity index (χ1) is 14.7. The van der Waals surface area contributed by atoms with Gasteiger partial charge in [-0.05, 0) is 55.2 Å². The molecule has 5 rings (SSSR count). The lowest BCUT2D eigenvalue weighted by Gasteiger charge is -2.45. The first-order valence-electron chi connectivity index (χ1n) is 10.9. The van der Waals surface area contributed by atoms with Gasteiger partial charge in [-0.15, -0.1) is 0 Å². The Morgan fingerprint density at radius 2 is 2.03 bits per heavy atom. The zero-order chi connectivity index (χ0) is 20.7. The summed E-state index contributed by atoms with van der Waals surface area (Å²) in [5.41, 5.74) is 4.08. The van der Waals surface area contributed by atoms with E-state index >= 15 is 0 Å². The molecular formula is C25H27N3O2. The normalized spacial score (nSPS) is 25.1. The fourth-order valence-electron chi connectivity index (χ4n) is 5.25. The van der Waals surface area contributed by atoms with Crippen molar-refractivity contribution < 1.29 is 9.90 Å². The van der Waals surface area contributed by atoms with Crippen LogP contribution in [0.15, 0.2) is 42.7 Å². The van der Waals surface area contributed by atoms with Crippen LogP contribution in [0.4, 0.5) is 5.69 Å². The van der Waals surface area contributed by atoms with Gasteiger partial charge in [-0.1, -0.05) is 18.3 Å². The average molecular weight is 402 g/mol. The van der Waals surface area contributed by atoms with E-state index in [2.05, 4.69) is 38.8 Å². The molecular weight excluding hydrogens is 374 g/mol. The SMILES string of the molecule is CN1c2ccc(C#Cc3cccnc3)cc2[C@H]2[C@H](CCN2C(=O)C2CCC2)[C@@H]1CO. The zero-order valence-electron chi connectivity index (χ0n) is 17.3. The van der Waals surface area contributed by atoms with Gasteiger partial charge in [0.1, 0.15) is 0 Å². The van der Waals surface area contributed by atoms with E-state index in [9.17, 15) is 9.90 Å². The molecule has 1 aliphatic carbocycles. The fraction of sp³-hybridized carbons (Fsp3) is 0.440. The summed E-state index contributed by atoms with van der Waals surface area (Å²) < 4.78 is 0. The highest BCUT2D eigenvalue weighted by Gasteiger charge is 2.48. The number of aliphatic hydroxyl groups excluding tert-OH is 1. The van der Waals surface area contributed by atoms with E-state index in [0.29, 0.717) is 5.91 Å². The number of likely N-dealkylation sites (tertiary alicyclic amines) is 1. The molecule has 5 heteroatoms. The van der Waals surface area contributed by atoms with Crippen molar-refractivity contribution in [2.75, 3.05) is 25.1 Å². The van der Waals surface area contributed by atoms with Crippen molar-refractivity contribution >= 4 is 11.6 Å². The average Bonchev–Trinajstić information content (AvgIpc) is 3.17. The minimum Gasteiger partial charge on any atom is -0.394 e. The van der Waals surface area contributed by atoms with Gasteiger partial charge in [0.15, 0.2) is 0 Å². The number of hydrogen-bond acceptors (Lipinski definition) is 4. The van der Waals surface area contributed by atoms with Crippen LogP contribution in [0.5, 0.6) is 0 Å². The maximum Gasteiger partial charge on any atom is 0.226 e. The Bertz CT molecular complexity index is 1010. The van der Waals surface area contributed by atoms with Crippen molar-refractivity contribution in [1.82, 2.24) is 9.88 Å². The summed E-state index contributed by atoms with van der Waals surface area (Å²) in [6.07, 6.45) is 7.62. The molecule has 1 saturated heterocycles. The van der Waals surface area contributed by atoms with Gasteiger partial charge in [0, 0.05) is 54.6 Å². The molecule has 0 spiro atoms. The Labute approximate surface area is 177 Å². The fourth-order valence-corrected chi connectivity index (χ4v) is 5.25. The van der Waals surface area contributed by atoms with Crippen LogP contribution >= 0.6 is 0 Å². The van der Waals surface area contributed by atoms with E-state index in [1.54, 1.807) is 12.4 Å². The van der Waals surface area contributed by atoms with Crippen LogP contribution < -0.4 is 4.90 Å². The molecule has 1 amide bonds. The van der Waals surface area contributed by atoms with E-state index in [-0.39, 0.29) is 30.5 Å². The summed E-state index contributed by atoms with van der Waals surface area (Å²) in [5.74, 6) is 7.18. The molecule has 1 N–H and O–H groups in total. The molecule has 3 aliphatic rings. The van der Waals surface area contributed by atoms with E-state index in [1.807, 2.05) is 25.2 Å². The molecule has 1 aromatic carbocycles. The number of benzene rings is 1. The Balaban J connectivity index is 1.53. The van der Waals surface area contributed by atoms with Crippen LogP contribution in [-0.2, 0) is 4.79 Å². The van der Waals surface area contributed by atoms with Crippen LogP contribution in [0, 0.1) is 23.7 Å². The topological polar surface area (TPSA) is 56.7 Å². The molecule has 3 atom stereocenters. The number of likely N-dealkylation sites (N-methyl/N-ethyl adjacent to an activating group) is 1. The van der Waals surface area contributed by atoms with Crippen LogP contribution in [-0.4, -0.2) is 47.1 Å². The minimum atomic E-state index is 0.0293. The van der Waals surface area contributed by atoms with Crippen molar-refractivity contribution in [2.45, 2.75) is 37.8 Å². The van der Waals surface area contributed by atoms with Gasteiger partial charge in [-0.3, -0.25) is 9.78 Å². The van der Waals surface area contributed by atoms with Crippen LogP contribution in [0.1, 0.15) is 48.4 Å². The Hall–Kier alpha value is -2.84. The monoisotopic (exact) mass is 401 g/mol. The van der Waals surface area contributed by atoms with E-state index in [1.165, 1.54) is 0 Å². The lowest BCUT2D eigenvalue weighted by Crippen LogP contribution is -2.49. The van der Waals surface area contributed by atoms with Crippen molar-refractivity contribution in [3.63, 3.8) is 0 Å². The molecule has 0 bridgehead atoms. The van der Waals surface area contributed by atoms with Gasteiger partial charge in [-0.25, -0.2) is 0 Å². The largest absolute Gasteiger partial charge is 0.394 e. The highest BCUT2D eigenvalue weighted by Crippen LogP contribution is 2.49.